The van der Waals surface area contributed by atoms with Crippen LogP contribution in [0.15, 0.2) is 29.6 Å². The number of hydrogen-bond acceptors (Lipinski definition) is 4. The topological polar surface area (TPSA) is 59.2 Å². The van der Waals surface area contributed by atoms with Crippen LogP contribution in [-0.2, 0) is 13.0 Å². The average molecular weight is 349 g/mol. The van der Waals surface area contributed by atoms with Gasteiger partial charge in [0, 0.05) is 24.9 Å². The smallest absolute Gasteiger partial charge is 0.273 e. The first kappa shape index (κ1) is 18.5. The number of halogens is 1. The lowest BCUT2D eigenvalue weighted by molar-refractivity contribution is 0.0734. The number of amides is 1. The summed E-state index contributed by atoms with van der Waals surface area (Å²) in [4.78, 5) is 19.0. The molecule has 1 aromatic heterocycles. The lowest BCUT2D eigenvalue weighted by atomic mass is 10.2. The van der Waals surface area contributed by atoms with Gasteiger partial charge in [-0.1, -0.05) is 31.9 Å². The van der Waals surface area contributed by atoms with Crippen molar-refractivity contribution in [3.8, 4) is 0 Å². The molecule has 0 fully saturated rings. The van der Waals surface area contributed by atoms with E-state index in [0.29, 0.717) is 31.7 Å². The molecule has 0 aliphatic heterocycles. The maximum absolute atomic E-state index is 13.1. The van der Waals surface area contributed by atoms with E-state index in [1.54, 1.807) is 22.4 Å². The quantitative estimate of drug-likeness (QED) is 0.704. The van der Waals surface area contributed by atoms with Gasteiger partial charge in [0.25, 0.3) is 5.91 Å². The number of aromatic nitrogens is 1. The highest BCUT2D eigenvalue weighted by atomic mass is 32.1. The van der Waals surface area contributed by atoms with Gasteiger partial charge in [0.15, 0.2) is 0 Å². The van der Waals surface area contributed by atoms with E-state index >= 15 is 0 Å². The first-order valence-electron chi connectivity index (χ1n) is 8.32. The number of carbonyl (C=O) groups excluding carboxylic acids is 1. The Balaban J connectivity index is 2.10. The molecule has 0 radical (unpaired) electrons. The van der Waals surface area contributed by atoms with E-state index in [9.17, 15) is 9.18 Å². The van der Waals surface area contributed by atoms with Gasteiger partial charge in [-0.25, -0.2) is 9.37 Å². The number of carbonyl (C=O) groups is 1. The first-order valence-corrected chi connectivity index (χ1v) is 9.20. The number of benzene rings is 1. The van der Waals surface area contributed by atoms with E-state index in [0.717, 1.165) is 29.8 Å². The van der Waals surface area contributed by atoms with Crippen LogP contribution in [0, 0.1) is 5.82 Å². The van der Waals surface area contributed by atoms with Crippen LogP contribution >= 0.6 is 11.3 Å². The van der Waals surface area contributed by atoms with Gasteiger partial charge < -0.3 is 10.6 Å². The van der Waals surface area contributed by atoms with Crippen LogP contribution in [0.2, 0.25) is 0 Å². The second-order valence-electron chi connectivity index (χ2n) is 5.73. The van der Waals surface area contributed by atoms with Gasteiger partial charge in [0.05, 0.1) is 5.01 Å². The minimum absolute atomic E-state index is 0.0741. The van der Waals surface area contributed by atoms with Crippen molar-refractivity contribution in [1.29, 1.82) is 0 Å². The Labute approximate surface area is 146 Å². The molecule has 2 rings (SSSR count). The van der Waals surface area contributed by atoms with Crippen LogP contribution in [-0.4, -0.2) is 28.9 Å². The van der Waals surface area contributed by atoms with E-state index in [2.05, 4.69) is 11.9 Å². The predicted molar refractivity (Wildman–Crippen MR) is 95.5 cm³/mol. The lowest BCUT2D eigenvalue weighted by Crippen LogP contribution is -2.31. The van der Waals surface area contributed by atoms with Gasteiger partial charge >= 0.3 is 0 Å². The summed E-state index contributed by atoms with van der Waals surface area (Å²) < 4.78 is 13.1. The Morgan fingerprint density at radius 3 is 2.71 bits per heavy atom. The van der Waals surface area contributed by atoms with Crippen LogP contribution in [0.25, 0.3) is 0 Å². The number of rotatable bonds is 9. The third-order valence-electron chi connectivity index (χ3n) is 3.73. The van der Waals surface area contributed by atoms with Crippen molar-refractivity contribution in [2.75, 3.05) is 13.1 Å². The van der Waals surface area contributed by atoms with E-state index in [-0.39, 0.29) is 11.7 Å². The van der Waals surface area contributed by atoms with Crippen molar-refractivity contribution >= 4 is 17.2 Å². The van der Waals surface area contributed by atoms with Crippen LogP contribution in [0.3, 0.4) is 0 Å². The fourth-order valence-corrected chi connectivity index (χ4v) is 3.21. The highest BCUT2D eigenvalue weighted by molar-refractivity contribution is 7.09. The Morgan fingerprint density at radius 2 is 2.04 bits per heavy atom. The number of nitrogens with two attached hydrogens (primary N) is 1. The molecule has 2 N–H and O–H groups in total. The van der Waals surface area contributed by atoms with E-state index in [1.807, 2.05) is 0 Å². The average Bonchev–Trinajstić information content (AvgIpc) is 3.04. The number of thiazole rings is 1. The van der Waals surface area contributed by atoms with Crippen LogP contribution in [0.1, 0.15) is 47.2 Å². The second kappa shape index (κ2) is 9.49. The Kier molecular flexibility index (Phi) is 7.34. The number of hydrogen-bond donors (Lipinski definition) is 1. The molecule has 2 aromatic rings. The van der Waals surface area contributed by atoms with E-state index in [4.69, 9.17) is 5.73 Å². The fraction of sp³-hybridized carbons (Fsp3) is 0.444. The van der Waals surface area contributed by atoms with Gasteiger partial charge in [-0.05, 0) is 30.7 Å². The molecular weight excluding hydrogens is 325 g/mol. The Bertz CT molecular complexity index is 642. The molecule has 1 aromatic carbocycles. The molecular formula is C18H24FN3OS. The lowest BCUT2D eigenvalue weighted by Gasteiger charge is -2.22. The van der Waals surface area contributed by atoms with Gasteiger partial charge in [-0.3, -0.25) is 4.79 Å². The van der Waals surface area contributed by atoms with Crippen molar-refractivity contribution in [3.63, 3.8) is 0 Å². The molecule has 0 atom stereocenters. The molecule has 24 heavy (non-hydrogen) atoms. The number of nitrogens with zero attached hydrogens (tertiary/aromatic N) is 2. The first-order chi connectivity index (χ1) is 11.6. The molecule has 0 aliphatic carbocycles. The molecule has 0 unspecified atom stereocenters. The van der Waals surface area contributed by atoms with Gasteiger partial charge in [0.2, 0.25) is 0 Å². The number of unbranched alkanes of at least 4 members (excludes halogenated alkanes) is 2. The summed E-state index contributed by atoms with van der Waals surface area (Å²) in [5.74, 6) is -0.344. The van der Waals surface area contributed by atoms with Crippen molar-refractivity contribution in [1.82, 2.24) is 9.88 Å². The molecule has 0 spiro atoms. The third kappa shape index (κ3) is 5.39. The molecule has 4 nitrogen and oxygen atoms in total. The monoisotopic (exact) mass is 349 g/mol. The van der Waals surface area contributed by atoms with Crippen LogP contribution < -0.4 is 5.73 Å². The molecule has 130 valence electrons. The zero-order valence-corrected chi connectivity index (χ0v) is 14.8. The molecule has 0 aliphatic rings. The molecule has 0 saturated carbocycles. The minimum atomic E-state index is -0.270. The maximum atomic E-state index is 13.1. The highest BCUT2D eigenvalue weighted by Crippen LogP contribution is 2.15. The summed E-state index contributed by atoms with van der Waals surface area (Å²) in [6, 6.07) is 6.28. The highest BCUT2D eigenvalue weighted by Gasteiger charge is 2.19. The standard InChI is InChI=1S/C18H24FN3OS/c1-2-3-4-11-22(12-14-5-7-15(19)8-6-14)18(23)16-13-24-17(21-16)9-10-20/h5-8,13H,2-4,9-12,20H2,1H3. The van der Waals surface area contributed by atoms with Crippen molar-refractivity contribution in [2.45, 2.75) is 39.2 Å². The summed E-state index contributed by atoms with van der Waals surface area (Å²) in [7, 11) is 0. The summed E-state index contributed by atoms with van der Waals surface area (Å²) in [6.45, 7) is 3.79. The van der Waals surface area contributed by atoms with Crippen LogP contribution in [0.4, 0.5) is 4.39 Å². The van der Waals surface area contributed by atoms with Crippen LogP contribution in [0.5, 0.6) is 0 Å². The molecule has 0 saturated heterocycles. The fourth-order valence-electron chi connectivity index (χ4n) is 2.42. The second-order valence-corrected chi connectivity index (χ2v) is 6.67. The van der Waals surface area contributed by atoms with Gasteiger partial charge in [-0.15, -0.1) is 11.3 Å². The zero-order valence-electron chi connectivity index (χ0n) is 14.0. The Morgan fingerprint density at radius 1 is 1.29 bits per heavy atom. The normalized spacial score (nSPS) is 10.8. The van der Waals surface area contributed by atoms with E-state index in [1.165, 1.54) is 23.5 Å². The molecule has 1 amide bonds. The van der Waals surface area contributed by atoms with Crippen molar-refractivity contribution in [2.24, 2.45) is 5.73 Å². The third-order valence-corrected chi connectivity index (χ3v) is 4.64. The van der Waals surface area contributed by atoms with Gasteiger partial charge in [-0.2, -0.15) is 0 Å². The summed E-state index contributed by atoms with van der Waals surface area (Å²) in [5.41, 5.74) is 6.93. The summed E-state index contributed by atoms with van der Waals surface area (Å²) >= 11 is 1.47. The largest absolute Gasteiger partial charge is 0.333 e. The molecule has 0 bridgehead atoms. The van der Waals surface area contributed by atoms with Crippen molar-refractivity contribution < 1.29 is 9.18 Å². The maximum Gasteiger partial charge on any atom is 0.273 e. The summed E-state index contributed by atoms with van der Waals surface area (Å²) in [5, 5.41) is 2.68. The molecule has 1 heterocycles. The SMILES string of the molecule is CCCCCN(Cc1ccc(F)cc1)C(=O)c1csc(CCN)n1. The van der Waals surface area contributed by atoms with Gasteiger partial charge in [0.1, 0.15) is 11.5 Å². The predicted octanol–water partition coefficient (Wildman–Crippen LogP) is 3.62. The minimum Gasteiger partial charge on any atom is -0.333 e. The Hall–Kier alpha value is -1.79. The van der Waals surface area contributed by atoms with E-state index < -0.39 is 0 Å². The summed E-state index contributed by atoms with van der Waals surface area (Å²) in [6.07, 6.45) is 3.80. The molecule has 6 heteroatoms. The van der Waals surface area contributed by atoms with Crippen molar-refractivity contribution in [3.05, 3.63) is 51.7 Å². The zero-order chi connectivity index (χ0) is 17.4.